The van der Waals surface area contributed by atoms with Gasteiger partial charge in [-0.25, -0.2) is 4.98 Å². The number of likely N-dealkylation sites (N-methyl/N-ethyl adjacent to an activating group) is 1. The number of rotatable bonds is 4. The van der Waals surface area contributed by atoms with E-state index in [0.717, 1.165) is 18.1 Å². The van der Waals surface area contributed by atoms with Crippen molar-refractivity contribution in [3.8, 4) is 0 Å². The Morgan fingerprint density at radius 2 is 2.27 bits per heavy atom. The van der Waals surface area contributed by atoms with E-state index in [1.54, 1.807) is 0 Å². The Morgan fingerprint density at radius 1 is 1.53 bits per heavy atom. The Morgan fingerprint density at radius 3 is 2.93 bits per heavy atom. The molecule has 1 atom stereocenters. The van der Waals surface area contributed by atoms with Crippen LogP contribution in [0.25, 0.3) is 0 Å². The Hall–Kier alpha value is -0.830. The van der Waals surface area contributed by atoms with Gasteiger partial charge in [0.1, 0.15) is 5.76 Å². The maximum Gasteiger partial charge on any atom is 0.197 e. The van der Waals surface area contributed by atoms with Crippen LogP contribution in [0.4, 0.5) is 0 Å². The molecule has 3 heteroatoms. The van der Waals surface area contributed by atoms with Crippen LogP contribution in [0.5, 0.6) is 0 Å². The van der Waals surface area contributed by atoms with Crippen LogP contribution in [0.2, 0.25) is 0 Å². The molecule has 0 radical (unpaired) electrons. The molecule has 1 saturated carbocycles. The average molecular weight is 208 g/mol. The quantitative estimate of drug-likeness (QED) is 0.826. The zero-order valence-corrected chi connectivity index (χ0v) is 9.62. The molecule has 1 unspecified atom stereocenters. The summed E-state index contributed by atoms with van der Waals surface area (Å²) >= 11 is 0. The highest BCUT2D eigenvalue weighted by molar-refractivity contribution is 5.01. The van der Waals surface area contributed by atoms with Crippen molar-refractivity contribution in [2.75, 3.05) is 7.05 Å². The maximum absolute atomic E-state index is 5.79. The number of nitrogens with one attached hydrogen (secondary N) is 1. The van der Waals surface area contributed by atoms with Gasteiger partial charge in [0.25, 0.3) is 0 Å². The van der Waals surface area contributed by atoms with Crippen molar-refractivity contribution in [1.29, 1.82) is 0 Å². The molecule has 0 saturated heterocycles. The lowest BCUT2D eigenvalue weighted by atomic mass is 10.1. The van der Waals surface area contributed by atoms with E-state index in [9.17, 15) is 0 Å². The zero-order valence-electron chi connectivity index (χ0n) is 9.62. The average Bonchev–Trinajstić information content (AvgIpc) is 2.85. The van der Waals surface area contributed by atoms with Crippen molar-refractivity contribution in [2.45, 2.75) is 51.0 Å². The molecule has 0 spiro atoms. The summed E-state index contributed by atoms with van der Waals surface area (Å²) in [5.41, 5.74) is 0. The molecule has 15 heavy (non-hydrogen) atoms. The van der Waals surface area contributed by atoms with Crippen molar-refractivity contribution in [2.24, 2.45) is 0 Å². The number of aromatic nitrogens is 1. The van der Waals surface area contributed by atoms with Crippen LogP contribution in [0.1, 0.15) is 50.2 Å². The van der Waals surface area contributed by atoms with Crippen molar-refractivity contribution in [3.63, 3.8) is 0 Å². The molecule has 0 amide bonds. The smallest absolute Gasteiger partial charge is 0.197 e. The Labute approximate surface area is 91.3 Å². The third-order valence-electron chi connectivity index (χ3n) is 3.28. The molecule has 2 rings (SSSR count). The van der Waals surface area contributed by atoms with Crippen LogP contribution in [-0.2, 0) is 6.42 Å². The molecule has 0 aliphatic heterocycles. The predicted octanol–water partition coefficient (Wildman–Crippen LogP) is 2.48. The van der Waals surface area contributed by atoms with Gasteiger partial charge in [-0.15, -0.1) is 0 Å². The molecular weight excluding hydrogens is 188 g/mol. The molecule has 1 fully saturated rings. The molecule has 3 nitrogen and oxygen atoms in total. The SMILES string of the molecule is CNC(C)Cc1cnc(C2CCCC2)o1. The highest BCUT2D eigenvalue weighted by Gasteiger charge is 2.21. The fourth-order valence-electron chi connectivity index (χ4n) is 2.18. The van der Waals surface area contributed by atoms with Gasteiger partial charge >= 0.3 is 0 Å². The molecule has 1 aliphatic rings. The lowest BCUT2D eigenvalue weighted by Gasteiger charge is -2.06. The molecule has 1 N–H and O–H groups in total. The fraction of sp³-hybridized carbons (Fsp3) is 0.750. The van der Waals surface area contributed by atoms with E-state index in [-0.39, 0.29) is 0 Å². The largest absolute Gasteiger partial charge is 0.445 e. The van der Waals surface area contributed by atoms with E-state index >= 15 is 0 Å². The summed E-state index contributed by atoms with van der Waals surface area (Å²) in [7, 11) is 1.97. The van der Waals surface area contributed by atoms with E-state index in [0.29, 0.717) is 12.0 Å². The summed E-state index contributed by atoms with van der Waals surface area (Å²) in [5, 5.41) is 3.20. The van der Waals surface area contributed by atoms with Gasteiger partial charge in [-0.3, -0.25) is 0 Å². The Balaban J connectivity index is 1.97. The van der Waals surface area contributed by atoms with Crippen LogP contribution in [0.15, 0.2) is 10.6 Å². The minimum absolute atomic E-state index is 0.453. The number of oxazole rings is 1. The molecule has 0 bridgehead atoms. The molecule has 1 heterocycles. The number of hydrogen-bond acceptors (Lipinski definition) is 3. The van der Waals surface area contributed by atoms with Crippen molar-refractivity contribution in [3.05, 3.63) is 17.8 Å². The summed E-state index contributed by atoms with van der Waals surface area (Å²) in [6, 6.07) is 0.453. The lowest BCUT2D eigenvalue weighted by molar-refractivity contribution is 0.405. The first-order chi connectivity index (χ1) is 7.29. The van der Waals surface area contributed by atoms with Gasteiger partial charge in [0.2, 0.25) is 0 Å². The minimum Gasteiger partial charge on any atom is -0.445 e. The van der Waals surface area contributed by atoms with E-state index in [4.69, 9.17) is 4.42 Å². The maximum atomic E-state index is 5.79. The van der Waals surface area contributed by atoms with E-state index in [1.807, 2.05) is 13.2 Å². The second-order valence-corrected chi connectivity index (χ2v) is 4.54. The minimum atomic E-state index is 0.453. The summed E-state index contributed by atoms with van der Waals surface area (Å²) in [5.74, 6) is 2.56. The summed E-state index contributed by atoms with van der Waals surface area (Å²) < 4.78 is 5.79. The fourth-order valence-corrected chi connectivity index (χ4v) is 2.18. The molecule has 1 aromatic heterocycles. The molecule has 0 aromatic carbocycles. The van der Waals surface area contributed by atoms with Crippen LogP contribution >= 0.6 is 0 Å². The van der Waals surface area contributed by atoms with Crippen molar-refractivity contribution < 1.29 is 4.42 Å². The van der Waals surface area contributed by atoms with Crippen LogP contribution in [0.3, 0.4) is 0 Å². The molecule has 1 aromatic rings. The van der Waals surface area contributed by atoms with E-state index in [2.05, 4.69) is 17.2 Å². The first-order valence-corrected chi connectivity index (χ1v) is 5.91. The first-order valence-electron chi connectivity index (χ1n) is 5.91. The van der Waals surface area contributed by atoms with Crippen LogP contribution < -0.4 is 5.32 Å². The monoisotopic (exact) mass is 208 g/mol. The van der Waals surface area contributed by atoms with E-state index in [1.165, 1.54) is 25.7 Å². The second kappa shape index (κ2) is 4.79. The third kappa shape index (κ3) is 2.59. The summed E-state index contributed by atoms with van der Waals surface area (Å²) in [4.78, 5) is 4.39. The van der Waals surface area contributed by atoms with Crippen molar-refractivity contribution >= 4 is 0 Å². The Kier molecular flexibility index (Phi) is 3.41. The molecule has 84 valence electrons. The van der Waals surface area contributed by atoms with Crippen LogP contribution in [0, 0.1) is 0 Å². The topological polar surface area (TPSA) is 38.1 Å². The third-order valence-corrected chi connectivity index (χ3v) is 3.28. The highest BCUT2D eigenvalue weighted by Crippen LogP contribution is 2.33. The van der Waals surface area contributed by atoms with Gasteiger partial charge < -0.3 is 9.73 Å². The zero-order chi connectivity index (χ0) is 10.7. The summed E-state index contributed by atoms with van der Waals surface area (Å²) in [6.45, 7) is 2.15. The van der Waals surface area contributed by atoms with Gasteiger partial charge in [0.15, 0.2) is 5.89 Å². The summed E-state index contributed by atoms with van der Waals surface area (Å²) in [6.07, 6.45) is 7.98. The molecule has 1 aliphatic carbocycles. The highest BCUT2D eigenvalue weighted by atomic mass is 16.4. The first kappa shape index (κ1) is 10.7. The molecular formula is C12H20N2O. The number of hydrogen-bond donors (Lipinski definition) is 1. The van der Waals surface area contributed by atoms with Crippen molar-refractivity contribution in [1.82, 2.24) is 10.3 Å². The standard InChI is InChI=1S/C12H20N2O/c1-9(13-2)7-11-8-14-12(15-11)10-5-3-4-6-10/h8-10,13H,3-7H2,1-2H3. The second-order valence-electron chi connectivity index (χ2n) is 4.54. The van der Waals surface area contributed by atoms with Gasteiger partial charge in [-0.2, -0.15) is 0 Å². The van der Waals surface area contributed by atoms with Crippen LogP contribution in [-0.4, -0.2) is 18.1 Å². The Bertz CT molecular complexity index is 302. The predicted molar refractivity (Wildman–Crippen MR) is 59.9 cm³/mol. The van der Waals surface area contributed by atoms with Gasteiger partial charge in [0, 0.05) is 18.4 Å². The van der Waals surface area contributed by atoms with Gasteiger partial charge in [0.05, 0.1) is 6.20 Å². The van der Waals surface area contributed by atoms with Gasteiger partial charge in [-0.05, 0) is 26.8 Å². The number of nitrogens with zero attached hydrogens (tertiary/aromatic N) is 1. The van der Waals surface area contributed by atoms with E-state index < -0.39 is 0 Å². The lowest BCUT2D eigenvalue weighted by Crippen LogP contribution is -2.23. The van der Waals surface area contributed by atoms with Gasteiger partial charge in [-0.1, -0.05) is 12.8 Å². The normalized spacial score (nSPS) is 19.6.